The second-order valence-corrected chi connectivity index (χ2v) is 7.13. The summed E-state index contributed by atoms with van der Waals surface area (Å²) < 4.78 is 11.3. The van der Waals surface area contributed by atoms with E-state index < -0.39 is 0 Å². The van der Waals surface area contributed by atoms with E-state index in [1.54, 1.807) is 0 Å². The number of benzene rings is 1. The van der Waals surface area contributed by atoms with Crippen molar-refractivity contribution in [2.45, 2.75) is 38.1 Å². The fraction of sp³-hybridized carbons (Fsp3) is 0.632. The lowest BCUT2D eigenvalue weighted by atomic mass is 9.93. The quantitative estimate of drug-likeness (QED) is 0.893. The van der Waals surface area contributed by atoms with Crippen LogP contribution in [0.1, 0.15) is 43.7 Å². The van der Waals surface area contributed by atoms with Crippen molar-refractivity contribution in [3.8, 4) is 11.5 Å². The van der Waals surface area contributed by atoms with Crippen molar-refractivity contribution in [3.63, 3.8) is 0 Å². The van der Waals surface area contributed by atoms with Crippen LogP contribution in [-0.4, -0.2) is 37.1 Å². The number of fused-ring (bicyclic) bond motifs is 1. The van der Waals surface area contributed by atoms with Crippen LogP contribution in [-0.2, 0) is 4.79 Å². The number of carbonyl (C=O) groups excluding carboxylic acids is 1. The Labute approximate surface area is 155 Å². The summed E-state index contributed by atoms with van der Waals surface area (Å²) in [6, 6.07) is 6.27. The van der Waals surface area contributed by atoms with Gasteiger partial charge >= 0.3 is 0 Å². The summed E-state index contributed by atoms with van der Waals surface area (Å²) in [7, 11) is 0. The van der Waals surface area contributed by atoms with Gasteiger partial charge in [-0.1, -0.05) is 12.5 Å². The lowest BCUT2D eigenvalue weighted by Crippen LogP contribution is -2.38. The van der Waals surface area contributed by atoms with E-state index in [-0.39, 0.29) is 24.4 Å². The maximum absolute atomic E-state index is 13.1. The Morgan fingerprint density at radius 3 is 2.72 bits per heavy atom. The summed E-state index contributed by atoms with van der Waals surface area (Å²) in [6.45, 7) is 2.66. The largest absolute Gasteiger partial charge is 0.486 e. The fourth-order valence-electron chi connectivity index (χ4n) is 4.50. The molecule has 0 bridgehead atoms. The summed E-state index contributed by atoms with van der Waals surface area (Å²) in [5, 5.41) is 0. The molecule has 5 nitrogen and oxygen atoms in total. The molecule has 1 aliphatic carbocycles. The Kier molecular flexibility index (Phi) is 5.74. The lowest BCUT2D eigenvalue weighted by molar-refractivity contribution is -0.137. The molecule has 2 aliphatic heterocycles. The van der Waals surface area contributed by atoms with Crippen molar-refractivity contribution < 1.29 is 14.3 Å². The topological polar surface area (TPSA) is 64.8 Å². The highest BCUT2D eigenvalue weighted by Gasteiger charge is 2.39. The average molecular weight is 367 g/mol. The molecule has 138 valence electrons. The van der Waals surface area contributed by atoms with Crippen molar-refractivity contribution in [2.75, 3.05) is 26.3 Å². The normalized spacial score (nSPS) is 27.9. The van der Waals surface area contributed by atoms with Crippen molar-refractivity contribution in [1.82, 2.24) is 4.90 Å². The van der Waals surface area contributed by atoms with Gasteiger partial charge in [0.25, 0.3) is 0 Å². The van der Waals surface area contributed by atoms with Crippen LogP contribution in [0.5, 0.6) is 11.5 Å². The zero-order valence-electron chi connectivity index (χ0n) is 14.5. The molecule has 1 aromatic rings. The number of hydrogen-bond donors (Lipinski definition) is 1. The summed E-state index contributed by atoms with van der Waals surface area (Å²) in [5.41, 5.74) is 7.04. The van der Waals surface area contributed by atoms with Crippen molar-refractivity contribution >= 4 is 18.3 Å². The summed E-state index contributed by atoms with van der Waals surface area (Å²) in [4.78, 5) is 15.2. The van der Waals surface area contributed by atoms with Gasteiger partial charge in [-0.3, -0.25) is 4.79 Å². The molecule has 0 spiro atoms. The molecule has 3 aliphatic rings. The number of nitrogens with zero attached hydrogens (tertiary/aromatic N) is 1. The number of ether oxygens (including phenoxy) is 2. The molecule has 25 heavy (non-hydrogen) atoms. The van der Waals surface area contributed by atoms with Crippen LogP contribution >= 0.6 is 12.4 Å². The van der Waals surface area contributed by atoms with Crippen LogP contribution in [0, 0.1) is 11.8 Å². The number of hydrogen-bond acceptors (Lipinski definition) is 4. The molecular weight excluding hydrogens is 340 g/mol. The van der Waals surface area contributed by atoms with Gasteiger partial charge in [0.2, 0.25) is 5.91 Å². The van der Waals surface area contributed by atoms with Crippen LogP contribution in [0.25, 0.3) is 0 Å². The van der Waals surface area contributed by atoms with Crippen molar-refractivity contribution in [1.29, 1.82) is 0 Å². The van der Waals surface area contributed by atoms with Gasteiger partial charge in [-0.25, -0.2) is 0 Å². The first kappa shape index (κ1) is 18.3. The predicted molar refractivity (Wildman–Crippen MR) is 98.3 cm³/mol. The van der Waals surface area contributed by atoms with Gasteiger partial charge in [0.05, 0.1) is 6.04 Å². The zero-order valence-corrected chi connectivity index (χ0v) is 15.3. The number of nitrogens with two attached hydrogens (primary N) is 1. The van der Waals surface area contributed by atoms with Gasteiger partial charge in [0.1, 0.15) is 13.2 Å². The molecular formula is C19H27ClN2O3. The Bertz CT molecular complexity index is 625. The van der Waals surface area contributed by atoms with Crippen LogP contribution in [0.15, 0.2) is 18.2 Å². The monoisotopic (exact) mass is 366 g/mol. The van der Waals surface area contributed by atoms with Gasteiger partial charge in [0, 0.05) is 12.5 Å². The number of rotatable bonds is 3. The third-order valence-electron chi connectivity index (χ3n) is 5.77. The van der Waals surface area contributed by atoms with Crippen LogP contribution < -0.4 is 15.2 Å². The fourth-order valence-corrected chi connectivity index (χ4v) is 4.50. The third kappa shape index (κ3) is 3.44. The maximum Gasteiger partial charge on any atom is 0.226 e. The maximum atomic E-state index is 13.1. The zero-order chi connectivity index (χ0) is 16.5. The molecule has 2 heterocycles. The highest BCUT2D eigenvalue weighted by Crippen LogP contribution is 2.41. The smallest absolute Gasteiger partial charge is 0.226 e. The van der Waals surface area contributed by atoms with E-state index in [0.717, 1.165) is 55.7 Å². The Balaban J connectivity index is 0.00000182. The van der Waals surface area contributed by atoms with Crippen LogP contribution in [0.2, 0.25) is 0 Å². The first-order valence-electron chi connectivity index (χ1n) is 9.18. The molecule has 1 unspecified atom stereocenters. The van der Waals surface area contributed by atoms with Gasteiger partial charge in [-0.15, -0.1) is 12.4 Å². The molecule has 2 fully saturated rings. The van der Waals surface area contributed by atoms with Gasteiger partial charge in [-0.05, 0) is 55.8 Å². The highest BCUT2D eigenvalue weighted by atomic mass is 35.5. The highest BCUT2D eigenvalue weighted by molar-refractivity contribution is 5.85. The molecule has 1 saturated carbocycles. The van der Waals surface area contributed by atoms with E-state index in [9.17, 15) is 4.79 Å². The molecule has 0 aromatic heterocycles. The second kappa shape index (κ2) is 7.83. The Hall–Kier alpha value is -1.46. The molecule has 4 rings (SSSR count). The second-order valence-electron chi connectivity index (χ2n) is 7.13. The van der Waals surface area contributed by atoms with Gasteiger partial charge < -0.3 is 20.1 Å². The van der Waals surface area contributed by atoms with E-state index in [2.05, 4.69) is 17.0 Å². The first-order chi connectivity index (χ1) is 11.8. The van der Waals surface area contributed by atoms with E-state index in [1.165, 1.54) is 0 Å². The summed E-state index contributed by atoms with van der Waals surface area (Å²) >= 11 is 0. The molecule has 0 radical (unpaired) electrons. The molecule has 3 atom stereocenters. The van der Waals surface area contributed by atoms with E-state index in [0.29, 0.717) is 31.6 Å². The van der Waals surface area contributed by atoms with Crippen molar-refractivity contribution in [2.24, 2.45) is 17.6 Å². The number of likely N-dealkylation sites (tertiary alicyclic amines) is 1. The van der Waals surface area contributed by atoms with Crippen LogP contribution in [0.3, 0.4) is 0 Å². The number of amides is 1. The minimum atomic E-state index is 0. The summed E-state index contributed by atoms with van der Waals surface area (Å²) in [5.74, 6) is 2.39. The number of halogens is 1. The molecule has 1 amide bonds. The van der Waals surface area contributed by atoms with E-state index in [1.807, 2.05) is 6.07 Å². The standard InChI is InChI=1S/C19H26N2O3.ClH/c20-12-14-3-1-4-15(14)19(22)21-8-2-5-16(21)13-6-7-17-18(11-13)24-10-9-23-17;/h6-7,11,14-16H,1-5,8-10,12,20H2;1H/t14-,15-,16?;/m1./s1. The average Bonchev–Trinajstić information content (AvgIpc) is 3.29. The lowest BCUT2D eigenvalue weighted by Gasteiger charge is -2.30. The van der Waals surface area contributed by atoms with Gasteiger partial charge in [0.15, 0.2) is 11.5 Å². The molecule has 2 N–H and O–H groups in total. The van der Waals surface area contributed by atoms with Crippen LogP contribution in [0.4, 0.5) is 0 Å². The third-order valence-corrected chi connectivity index (χ3v) is 5.77. The molecule has 1 aromatic carbocycles. The SMILES string of the molecule is Cl.NC[C@H]1CCC[C@H]1C(=O)N1CCCC1c1ccc2c(c1)OCCO2. The first-order valence-corrected chi connectivity index (χ1v) is 9.18. The Morgan fingerprint density at radius 2 is 1.92 bits per heavy atom. The van der Waals surface area contributed by atoms with Gasteiger partial charge in [-0.2, -0.15) is 0 Å². The molecule has 6 heteroatoms. The van der Waals surface area contributed by atoms with E-state index >= 15 is 0 Å². The molecule has 1 saturated heterocycles. The predicted octanol–water partition coefficient (Wildman–Crippen LogP) is 2.92. The van der Waals surface area contributed by atoms with Crippen molar-refractivity contribution in [3.05, 3.63) is 23.8 Å². The summed E-state index contributed by atoms with van der Waals surface area (Å²) in [6.07, 6.45) is 5.29. The van der Waals surface area contributed by atoms with E-state index in [4.69, 9.17) is 15.2 Å². The minimum Gasteiger partial charge on any atom is -0.486 e. The number of carbonyl (C=O) groups is 1. The minimum absolute atomic E-state index is 0. The Morgan fingerprint density at radius 1 is 1.12 bits per heavy atom.